The number of nitrogens with zero attached hydrogens (tertiary/aromatic N) is 2. The fraction of sp³-hybridized carbons (Fsp3) is 0.364. The van der Waals surface area contributed by atoms with Crippen molar-refractivity contribution in [3.63, 3.8) is 0 Å². The van der Waals surface area contributed by atoms with Crippen LogP contribution in [0.5, 0.6) is 0 Å². The molecule has 0 radical (unpaired) electrons. The molecule has 0 aliphatic carbocycles. The molecule has 0 heterocycles. The molecule has 0 spiro atoms. The van der Waals surface area contributed by atoms with Gasteiger partial charge in [-0.1, -0.05) is 18.2 Å². The standard InChI is InChI=1S/C11H17N3.ClH/c1-3-14(4-2)11(12)13-10-8-6-5-7-9-10;/h5-9H,3-4H2,1-2H3,(H2,12,13);1H. The number of para-hydroxylation sites is 1. The van der Waals surface area contributed by atoms with Crippen LogP contribution in [0.3, 0.4) is 0 Å². The van der Waals surface area contributed by atoms with E-state index in [-0.39, 0.29) is 12.4 Å². The van der Waals surface area contributed by atoms with Gasteiger partial charge in [-0.2, -0.15) is 0 Å². The Morgan fingerprint density at radius 1 is 1.20 bits per heavy atom. The fourth-order valence-corrected chi connectivity index (χ4v) is 1.25. The third-order valence-electron chi connectivity index (χ3n) is 2.09. The Hall–Kier alpha value is -1.22. The summed E-state index contributed by atoms with van der Waals surface area (Å²) in [6.07, 6.45) is 0. The Bertz CT molecular complexity index is 294. The van der Waals surface area contributed by atoms with E-state index in [4.69, 9.17) is 5.73 Å². The van der Waals surface area contributed by atoms with E-state index in [0.29, 0.717) is 5.96 Å². The van der Waals surface area contributed by atoms with Gasteiger partial charge in [0.1, 0.15) is 0 Å². The van der Waals surface area contributed by atoms with Gasteiger partial charge in [0, 0.05) is 13.1 Å². The lowest BCUT2D eigenvalue weighted by molar-refractivity contribution is 0.460. The topological polar surface area (TPSA) is 41.6 Å². The normalized spacial score (nSPS) is 10.7. The number of benzene rings is 1. The molecule has 0 unspecified atom stereocenters. The largest absolute Gasteiger partial charge is 0.369 e. The molecule has 0 aliphatic heterocycles. The van der Waals surface area contributed by atoms with Gasteiger partial charge in [-0.25, -0.2) is 4.99 Å². The van der Waals surface area contributed by atoms with E-state index in [0.717, 1.165) is 18.8 Å². The van der Waals surface area contributed by atoms with E-state index < -0.39 is 0 Å². The molecular formula is C11H18ClN3. The summed E-state index contributed by atoms with van der Waals surface area (Å²) in [4.78, 5) is 6.34. The zero-order valence-electron chi connectivity index (χ0n) is 9.18. The molecule has 0 saturated heterocycles. The predicted molar refractivity (Wildman–Crippen MR) is 67.9 cm³/mol. The van der Waals surface area contributed by atoms with E-state index in [1.54, 1.807) is 0 Å². The van der Waals surface area contributed by atoms with Crippen molar-refractivity contribution >= 4 is 24.1 Å². The molecule has 0 aliphatic rings. The van der Waals surface area contributed by atoms with E-state index in [1.807, 2.05) is 35.2 Å². The van der Waals surface area contributed by atoms with Crippen molar-refractivity contribution in [1.82, 2.24) is 4.90 Å². The molecule has 0 saturated carbocycles. The molecule has 1 aromatic rings. The SMILES string of the molecule is CCN(CC)C(N)=Nc1ccccc1.Cl. The molecule has 2 N–H and O–H groups in total. The van der Waals surface area contributed by atoms with Gasteiger partial charge in [-0.05, 0) is 26.0 Å². The highest BCUT2D eigenvalue weighted by atomic mass is 35.5. The number of hydrogen-bond donors (Lipinski definition) is 1. The van der Waals surface area contributed by atoms with Gasteiger partial charge < -0.3 is 10.6 Å². The van der Waals surface area contributed by atoms with Crippen LogP contribution in [0.2, 0.25) is 0 Å². The number of hydrogen-bond acceptors (Lipinski definition) is 1. The molecular weight excluding hydrogens is 210 g/mol. The first-order valence-electron chi connectivity index (χ1n) is 4.92. The minimum absolute atomic E-state index is 0. The lowest BCUT2D eigenvalue weighted by atomic mass is 10.3. The molecule has 0 aromatic heterocycles. The number of nitrogens with two attached hydrogens (primary N) is 1. The van der Waals surface area contributed by atoms with Crippen molar-refractivity contribution in [2.45, 2.75) is 13.8 Å². The van der Waals surface area contributed by atoms with Crippen LogP contribution >= 0.6 is 12.4 Å². The quantitative estimate of drug-likeness (QED) is 0.637. The number of guanidine groups is 1. The predicted octanol–water partition coefficient (Wildman–Crippen LogP) is 2.40. The molecule has 0 bridgehead atoms. The summed E-state index contributed by atoms with van der Waals surface area (Å²) >= 11 is 0. The lowest BCUT2D eigenvalue weighted by Crippen LogP contribution is -2.36. The highest BCUT2D eigenvalue weighted by Gasteiger charge is 2.01. The van der Waals surface area contributed by atoms with Crippen molar-refractivity contribution < 1.29 is 0 Å². The van der Waals surface area contributed by atoms with Gasteiger partial charge in [0.25, 0.3) is 0 Å². The van der Waals surface area contributed by atoms with Crippen molar-refractivity contribution in [3.8, 4) is 0 Å². The molecule has 15 heavy (non-hydrogen) atoms. The second-order valence-electron chi connectivity index (χ2n) is 2.98. The molecule has 3 nitrogen and oxygen atoms in total. The fourth-order valence-electron chi connectivity index (χ4n) is 1.25. The maximum absolute atomic E-state index is 5.85. The maximum atomic E-state index is 5.85. The van der Waals surface area contributed by atoms with E-state index >= 15 is 0 Å². The second kappa shape index (κ2) is 7.12. The summed E-state index contributed by atoms with van der Waals surface area (Å²) in [5.41, 5.74) is 6.75. The summed E-state index contributed by atoms with van der Waals surface area (Å²) in [7, 11) is 0. The second-order valence-corrected chi connectivity index (χ2v) is 2.98. The van der Waals surface area contributed by atoms with Gasteiger partial charge in [0.2, 0.25) is 0 Å². The van der Waals surface area contributed by atoms with Crippen molar-refractivity contribution in [2.24, 2.45) is 10.7 Å². The minimum Gasteiger partial charge on any atom is -0.369 e. The maximum Gasteiger partial charge on any atom is 0.196 e. The van der Waals surface area contributed by atoms with E-state index in [2.05, 4.69) is 18.8 Å². The third kappa shape index (κ3) is 4.21. The highest BCUT2D eigenvalue weighted by molar-refractivity contribution is 5.85. The first-order valence-corrected chi connectivity index (χ1v) is 4.92. The van der Waals surface area contributed by atoms with E-state index in [9.17, 15) is 0 Å². The summed E-state index contributed by atoms with van der Waals surface area (Å²) < 4.78 is 0. The average Bonchev–Trinajstić information content (AvgIpc) is 2.21. The van der Waals surface area contributed by atoms with E-state index in [1.165, 1.54) is 0 Å². The molecule has 0 amide bonds. The van der Waals surface area contributed by atoms with Gasteiger partial charge in [-0.3, -0.25) is 0 Å². The Balaban J connectivity index is 0.00000196. The van der Waals surface area contributed by atoms with Crippen LogP contribution in [-0.4, -0.2) is 23.9 Å². The van der Waals surface area contributed by atoms with Gasteiger partial charge in [0.15, 0.2) is 5.96 Å². The molecule has 4 heteroatoms. The first kappa shape index (κ1) is 13.8. The smallest absolute Gasteiger partial charge is 0.196 e. The van der Waals surface area contributed by atoms with Crippen molar-refractivity contribution in [3.05, 3.63) is 30.3 Å². The van der Waals surface area contributed by atoms with Gasteiger partial charge >= 0.3 is 0 Å². The van der Waals surface area contributed by atoms with Crippen LogP contribution in [0.4, 0.5) is 5.69 Å². The van der Waals surface area contributed by atoms with Crippen molar-refractivity contribution in [2.75, 3.05) is 13.1 Å². The number of halogens is 1. The Morgan fingerprint density at radius 3 is 2.20 bits per heavy atom. The molecule has 84 valence electrons. The van der Waals surface area contributed by atoms with Crippen LogP contribution in [0.1, 0.15) is 13.8 Å². The molecule has 0 atom stereocenters. The Morgan fingerprint density at radius 2 is 1.73 bits per heavy atom. The number of rotatable bonds is 3. The summed E-state index contributed by atoms with van der Waals surface area (Å²) in [5, 5.41) is 0. The molecule has 0 fully saturated rings. The average molecular weight is 228 g/mol. The van der Waals surface area contributed by atoms with Crippen LogP contribution in [0.15, 0.2) is 35.3 Å². The van der Waals surface area contributed by atoms with Gasteiger partial charge in [0.05, 0.1) is 5.69 Å². The van der Waals surface area contributed by atoms with Crippen molar-refractivity contribution in [1.29, 1.82) is 0 Å². The lowest BCUT2D eigenvalue weighted by Gasteiger charge is -2.19. The van der Waals surface area contributed by atoms with Crippen LogP contribution in [0, 0.1) is 0 Å². The van der Waals surface area contributed by atoms with Crippen LogP contribution in [-0.2, 0) is 0 Å². The molecule has 1 aromatic carbocycles. The molecule has 1 rings (SSSR count). The third-order valence-corrected chi connectivity index (χ3v) is 2.09. The summed E-state index contributed by atoms with van der Waals surface area (Å²) in [6, 6.07) is 9.75. The zero-order valence-corrected chi connectivity index (χ0v) is 10.00. The highest BCUT2D eigenvalue weighted by Crippen LogP contribution is 2.09. The minimum atomic E-state index is 0. The number of aliphatic imine (C=N–C) groups is 1. The summed E-state index contributed by atoms with van der Waals surface area (Å²) in [5.74, 6) is 0.584. The first-order chi connectivity index (χ1) is 6.77. The van der Waals surface area contributed by atoms with Gasteiger partial charge in [-0.15, -0.1) is 12.4 Å². The summed E-state index contributed by atoms with van der Waals surface area (Å²) in [6.45, 7) is 5.91. The zero-order chi connectivity index (χ0) is 10.4. The Labute approximate surface area is 97.4 Å². The van der Waals surface area contributed by atoms with Crippen LogP contribution in [0.25, 0.3) is 0 Å². The monoisotopic (exact) mass is 227 g/mol. The Kier molecular flexibility index (Phi) is 6.54. The van der Waals surface area contributed by atoms with Crippen LogP contribution < -0.4 is 5.73 Å².